The average molecular weight is 238 g/mol. The van der Waals surface area contributed by atoms with E-state index in [1.165, 1.54) is 5.57 Å². The number of allylic oxidation sites excluding steroid dienone is 2. The second-order valence-electron chi connectivity index (χ2n) is 6.79. The van der Waals surface area contributed by atoms with Crippen LogP contribution in [0.2, 0.25) is 0 Å². The number of hydrogen-bond acceptors (Lipinski definition) is 2. The van der Waals surface area contributed by atoms with Gasteiger partial charge in [-0.25, -0.2) is 0 Å². The first-order valence-corrected chi connectivity index (χ1v) is 6.83. The average Bonchev–Trinajstić information content (AvgIpc) is 2.48. The van der Waals surface area contributed by atoms with Gasteiger partial charge >= 0.3 is 0 Å². The van der Waals surface area contributed by atoms with Gasteiger partial charge in [0.1, 0.15) is 0 Å². The summed E-state index contributed by atoms with van der Waals surface area (Å²) in [6.07, 6.45) is 6.06. The summed E-state index contributed by atoms with van der Waals surface area (Å²) in [5.74, 6) is 0.507. The second kappa shape index (κ2) is 4.10. The topological polar surface area (TPSA) is 40.5 Å². The smallest absolute Gasteiger partial charge is 0.0626 e. The molecule has 0 aromatic heterocycles. The van der Waals surface area contributed by atoms with E-state index in [2.05, 4.69) is 19.9 Å². The number of hydrogen-bond donors (Lipinski definition) is 2. The van der Waals surface area contributed by atoms with E-state index in [1.807, 2.05) is 13.8 Å². The van der Waals surface area contributed by atoms with Crippen molar-refractivity contribution in [3.05, 3.63) is 11.6 Å². The Balaban J connectivity index is 2.34. The summed E-state index contributed by atoms with van der Waals surface area (Å²) >= 11 is 0. The van der Waals surface area contributed by atoms with E-state index in [4.69, 9.17) is 0 Å². The molecule has 17 heavy (non-hydrogen) atoms. The van der Waals surface area contributed by atoms with Gasteiger partial charge in [-0.15, -0.1) is 0 Å². The van der Waals surface area contributed by atoms with Crippen LogP contribution in [0.4, 0.5) is 0 Å². The minimum Gasteiger partial charge on any atom is -0.393 e. The van der Waals surface area contributed by atoms with Crippen LogP contribution in [-0.4, -0.2) is 21.9 Å². The van der Waals surface area contributed by atoms with Gasteiger partial charge in [-0.1, -0.05) is 18.6 Å². The maximum absolute atomic E-state index is 10.4. The van der Waals surface area contributed by atoms with Crippen LogP contribution >= 0.6 is 0 Å². The largest absolute Gasteiger partial charge is 0.393 e. The van der Waals surface area contributed by atoms with Crippen molar-refractivity contribution < 1.29 is 10.2 Å². The van der Waals surface area contributed by atoms with Crippen molar-refractivity contribution in [2.45, 2.75) is 65.1 Å². The van der Waals surface area contributed by atoms with Crippen LogP contribution < -0.4 is 0 Å². The highest BCUT2D eigenvalue weighted by molar-refractivity contribution is 5.15. The van der Waals surface area contributed by atoms with E-state index in [0.29, 0.717) is 5.92 Å². The van der Waals surface area contributed by atoms with Gasteiger partial charge in [-0.2, -0.15) is 0 Å². The summed E-state index contributed by atoms with van der Waals surface area (Å²) in [6.45, 7) is 8.14. The molecule has 2 N–H and O–H groups in total. The number of aliphatic hydroxyl groups excluding tert-OH is 1. The predicted octanol–water partition coefficient (Wildman–Crippen LogP) is 2.89. The molecule has 2 rings (SSSR count). The summed E-state index contributed by atoms with van der Waals surface area (Å²) in [5.41, 5.74) is 0.876. The Kier molecular flexibility index (Phi) is 3.16. The summed E-state index contributed by atoms with van der Waals surface area (Å²) in [5, 5.41) is 20.6. The SMILES string of the molecule is CC1=CC[C@]2(CC1)[C@H](C)[C@H](O)C[C@H]2C(C)(C)O. The van der Waals surface area contributed by atoms with Crippen molar-refractivity contribution in [1.29, 1.82) is 0 Å². The minimum atomic E-state index is -0.690. The zero-order valence-electron chi connectivity index (χ0n) is 11.5. The van der Waals surface area contributed by atoms with E-state index in [-0.39, 0.29) is 17.4 Å². The van der Waals surface area contributed by atoms with Gasteiger partial charge in [-0.05, 0) is 63.7 Å². The first-order chi connectivity index (χ1) is 7.77. The lowest BCUT2D eigenvalue weighted by atomic mass is 9.60. The van der Waals surface area contributed by atoms with Gasteiger partial charge < -0.3 is 10.2 Å². The van der Waals surface area contributed by atoms with E-state index < -0.39 is 5.60 Å². The molecule has 0 amide bonds. The Morgan fingerprint density at radius 1 is 1.41 bits per heavy atom. The van der Waals surface area contributed by atoms with E-state index in [1.54, 1.807) is 0 Å². The summed E-state index contributed by atoms with van der Waals surface area (Å²) in [7, 11) is 0. The van der Waals surface area contributed by atoms with Gasteiger partial charge in [0.15, 0.2) is 0 Å². The molecule has 1 saturated carbocycles. The predicted molar refractivity (Wildman–Crippen MR) is 69.6 cm³/mol. The molecule has 0 unspecified atom stereocenters. The monoisotopic (exact) mass is 238 g/mol. The van der Waals surface area contributed by atoms with E-state index >= 15 is 0 Å². The minimum absolute atomic E-state index is 0.108. The van der Waals surface area contributed by atoms with Crippen molar-refractivity contribution in [2.24, 2.45) is 17.3 Å². The van der Waals surface area contributed by atoms with E-state index in [0.717, 1.165) is 25.7 Å². The molecule has 0 aromatic carbocycles. The fourth-order valence-electron chi connectivity index (χ4n) is 4.10. The van der Waals surface area contributed by atoms with Crippen LogP contribution in [-0.2, 0) is 0 Å². The van der Waals surface area contributed by atoms with Crippen LogP contribution in [0.1, 0.15) is 53.4 Å². The molecule has 1 spiro atoms. The van der Waals surface area contributed by atoms with Crippen molar-refractivity contribution in [2.75, 3.05) is 0 Å². The molecule has 2 aliphatic carbocycles. The fraction of sp³-hybridized carbons (Fsp3) is 0.867. The maximum Gasteiger partial charge on any atom is 0.0626 e. The Morgan fingerprint density at radius 2 is 2.06 bits per heavy atom. The quantitative estimate of drug-likeness (QED) is 0.690. The molecule has 0 saturated heterocycles. The molecule has 0 aromatic rings. The molecule has 2 nitrogen and oxygen atoms in total. The van der Waals surface area contributed by atoms with Crippen molar-refractivity contribution in [3.8, 4) is 0 Å². The lowest BCUT2D eigenvalue weighted by molar-refractivity contribution is -0.0511. The maximum atomic E-state index is 10.4. The lowest BCUT2D eigenvalue weighted by Crippen LogP contribution is -2.44. The Labute approximate surface area is 105 Å². The summed E-state index contributed by atoms with van der Waals surface area (Å²) < 4.78 is 0. The van der Waals surface area contributed by atoms with Gasteiger partial charge in [-0.3, -0.25) is 0 Å². The molecule has 1 fully saturated rings. The van der Waals surface area contributed by atoms with Crippen LogP contribution in [0.3, 0.4) is 0 Å². The highest BCUT2D eigenvalue weighted by atomic mass is 16.3. The fourth-order valence-corrected chi connectivity index (χ4v) is 4.10. The zero-order chi connectivity index (χ0) is 12.8. The summed E-state index contributed by atoms with van der Waals surface area (Å²) in [6, 6.07) is 0. The molecule has 98 valence electrons. The van der Waals surface area contributed by atoms with Crippen molar-refractivity contribution in [3.63, 3.8) is 0 Å². The third kappa shape index (κ3) is 2.06. The molecular formula is C15H26O2. The van der Waals surface area contributed by atoms with Gasteiger partial charge in [0.05, 0.1) is 11.7 Å². The number of aliphatic hydroxyl groups is 2. The molecule has 0 radical (unpaired) electrons. The second-order valence-corrected chi connectivity index (χ2v) is 6.79. The molecule has 2 aliphatic rings. The molecule has 4 atom stereocenters. The van der Waals surface area contributed by atoms with E-state index in [9.17, 15) is 10.2 Å². The highest BCUT2D eigenvalue weighted by Gasteiger charge is 2.56. The molecule has 0 bridgehead atoms. The van der Waals surface area contributed by atoms with Gasteiger partial charge in [0, 0.05) is 0 Å². The molecular weight excluding hydrogens is 212 g/mol. The zero-order valence-corrected chi connectivity index (χ0v) is 11.5. The third-order valence-corrected chi connectivity index (χ3v) is 5.32. The van der Waals surface area contributed by atoms with Crippen LogP contribution in [0.5, 0.6) is 0 Å². The Bertz CT molecular complexity index is 326. The highest BCUT2D eigenvalue weighted by Crippen LogP contribution is 2.58. The molecule has 2 heteroatoms. The van der Waals surface area contributed by atoms with Crippen LogP contribution in [0.25, 0.3) is 0 Å². The normalized spacial score (nSPS) is 42.9. The molecule has 0 heterocycles. The Morgan fingerprint density at radius 3 is 2.53 bits per heavy atom. The van der Waals surface area contributed by atoms with Gasteiger partial charge in [0.25, 0.3) is 0 Å². The standard InChI is InChI=1S/C15H26O2/c1-10-5-7-15(8-6-10)11(2)12(16)9-13(15)14(3,4)17/h5,11-13,16-17H,6-9H2,1-4H3/t11-,12-,13+,15+/m1/s1. The van der Waals surface area contributed by atoms with Crippen molar-refractivity contribution in [1.82, 2.24) is 0 Å². The molecule has 0 aliphatic heterocycles. The Hall–Kier alpha value is -0.340. The van der Waals surface area contributed by atoms with Crippen molar-refractivity contribution >= 4 is 0 Å². The lowest BCUT2D eigenvalue weighted by Gasteiger charge is -2.46. The van der Waals surface area contributed by atoms with Crippen LogP contribution in [0, 0.1) is 17.3 Å². The first kappa shape index (κ1) is 13.1. The van der Waals surface area contributed by atoms with Crippen LogP contribution in [0.15, 0.2) is 11.6 Å². The summed E-state index contributed by atoms with van der Waals surface area (Å²) in [4.78, 5) is 0. The third-order valence-electron chi connectivity index (χ3n) is 5.32. The first-order valence-electron chi connectivity index (χ1n) is 6.83. The number of rotatable bonds is 1. The van der Waals surface area contributed by atoms with Gasteiger partial charge in [0.2, 0.25) is 0 Å².